The van der Waals surface area contributed by atoms with Crippen molar-refractivity contribution in [3.05, 3.63) is 121 Å². The molecule has 0 atom stereocenters. The minimum absolute atomic E-state index is 0.773. The van der Waals surface area contributed by atoms with Gasteiger partial charge in [-0.1, -0.05) is 128 Å². The number of hydrogen-bond acceptors (Lipinski definition) is 6. The summed E-state index contributed by atoms with van der Waals surface area (Å²) in [5.41, 5.74) is 0. The first-order valence-electron chi connectivity index (χ1n) is 16.6. The van der Waals surface area contributed by atoms with E-state index in [1.807, 2.05) is 183 Å². The molecule has 0 N–H and O–H groups in total. The average Bonchev–Trinajstić information content (AvgIpc) is 3.14. The third-order valence-electron chi connectivity index (χ3n) is 5.55. The van der Waals surface area contributed by atoms with Crippen molar-refractivity contribution in [2.24, 2.45) is 9.49 Å². The minimum Gasteiger partial charge on any atom is -0.430 e. The molecule has 254 valence electrons. The van der Waals surface area contributed by atoms with Gasteiger partial charge in [-0.05, 0) is 61.4 Å². The summed E-state index contributed by atoms with van der Waals surface area (Å²) in [6.45, 7) is 18.7. The van der Waals surface area contributed by atoms with Crippen molar-refractivity contribution in [3.63, 3.8) is 0 Å². The van der Waals surface area contributed by atoms with E-state index in [-0.39, 0.29) is 0 Å². The van der Waals surface area contributed by atoms with Crippen molar-refractivity contribution >= 4 is 15.0 Å². The van der Waals surface area contributed by atoms with Gasteiger partial charge in [0.25, 0.3) is 0 Å². The molecule has 5 rings (SSSR count). The molecule has 0 unspecified atom stereocenters. The Kier molecular flexibility index (Phi) is 24.7. The van der Waals surface area contributed by atoms with Gasteiger partial charge in [-0.25, -0.2) is 9.49 Å². The SMILES string of the molecule is CC.CC.CC.CC.CN=P(C)(Oc1ccccc1)Oc1ccccc1.c1ccc(OP2(Oc3ccccc3)=NCCCC2)cc1. The molecule has 0 saturated heterocycles. The average molecular weight is 669 g/mol. The molecule has 1 aliphatic heterocycles. The summed E-state index contributed by atoms with van der Waals surface area (Å²) < 4.78 is 33.1. The lowest BCUT2D eigenvalue weighted by Gasteiger charge is -2.28. The Morgan fingerprint density at radius 1 is 0.522 bits per heavy atom. The Morgan fingerprint density at radius 3 is 1.13 bits per heavy atom. The zero-order valence-electron chi connectivity index (χ0n) is 29.8. The summed E-state index contributed by atoms with van der Waals surface area (Å²) in [5.74, 6) is 3.22. The van der Waals surface area contributed by atoms with Crippen LogP contribution in [0.1, 0.15) is 68.2 Å². The Hall–Kier alpha value is -3.46. The third-order valence-corrected chi connectivity index (χ3v) is 9.88. The molecule has 0 aromatic heterocycles. The smallest absolute Gasteiger partial charge is 0.314 e. The molecule has 0 radical (unpaired) electrons. The van der Waals surface area contributed by atoms with Gasteiger partial charge >= 0.3 is 15.0 Å². The van der Waals surface area contributed by atoms with E-state index in [0.717, 1.165) is 48.5 Å². The largest absolute Gasteiger partial charge is 0.430 e. The van der Waals surface area contributed by atoms with Gasteiger partial charge in [-0.3, -0.25) is 0 Å². The predicted octanol–water partition coefficient (Wildman–Crippen LogP) is 13.5. The summed E-state index contributed by atoms with van der Waals surface area (Å²) in [5, 5.41) is 0. The van der Waals surface area contributed by atoms with Gasteiger partial charge < -0.3 is 18.1 Å². The van der Waals surface area contributed by atoms with E-state index in [9.17, 15) is 0 Å². The van der Waals surface area contributed by atoms with Crippen molar-refractivity contribution < 1.29 is 18.1 Å². The van der Waals surface area contributed by atoms with Gasteiger partial charge in [-0.2, -0.15) is 0 Å². The summed E-state index contributed by atoms with van der Waals surface area (Å²) in [6.07, 6.45) is 3.12. The van der Waals surface area contributed by atoms with Crippen LogP contribution < -0.4 is 18.1 Å². The zero-order chi connectivity index (χ0) is 34.5. The molecule has 0 fully saturated rings. The monoisotopic (exact) mass is 668 g/mol. The second kappa shape index (κ2) is 26.7. The van der Waals surface area contributed by atoms with E-state index >= 15 is 0 Å². The first kappa shape index (κ1) is 42.5. The van der Waals surface area contributed by atoms with Crippen LogP contribution in [0.4, 0.5) is 0 Å². The first-order valence-corrected chi connectivity index (χ1v) is 20.4. The minimum atomic E-state index is -2.27. The molecular formula is C38H58N2O4P2. The van der Waals surface area contributed by atoms with Gasteiger partial charge in [-0.15, -0.1) is 0 Å². The summed E-state index contributed by atoms with van der Waals surface area (Å²) >= 11 is 0. The molecule has 0 spiro atoms. The van der Waals surface area contributed by atoms with Crippen LogP contribution >= 0.6 is 15.0 Å². The fourth-order valence-corrected chi connectivity index (χ4v) is 7.31. The van der Waals surface area contributed by atoms with E-state index in [2.05, 4.69) is 4.74 Å². The number of nitrogens with zero attached hydrogens (tertiary/aromatic N) is 2. The van der Waals surface area contributed by atoms with E-state index in [4.69, 9.17) is 22.8 Å². The number of benzene rings is 4. The lowest BCUT2D eigenvalue weighted by molar-refractivity contribution is 0.461. The number of hydrogen-bond donors (Lipinski definition) is 0. The fraction of sp³-hybridized carbons (Fsp3) is 0.368. The van der Waals surface area contributed by atoms with Gasteiger partial charge in [0, 0.05) is 20.3 Å². The quantitative estimate of drug-likeness (QED) is 0.175. The summed E-state index contributed by atoms with van der Waals surface area (Å²) in [7, 11) is -2.76. The maximum absolute atomic E-state index is 6.17. The third kappa shape index (κ3) is 16.7. The normalized spacial score (nSPS) is 12.1. The Balaban J connectivity index is 0.000000727. The molecule has 0 saturated carbocycles. The predicted molar refractivity (Wildman–Crippen MR) is 203 cm³/mol. The van der Waals surface area contributed by atoms with E-state index < -0.39 is 15.0 Å². The van der Waals surface area contributed by atoms with Gasteiger partial charge in [0.05, 0.1) is 6.16 Å². The molecule has 46 heavy (non-hydrogen) atoms. The molecule has 6 nitrogen and oxygen atoms in total. The second-order valence-electron chi connectivity index (χ2n) is 8.55. The lowest BCUT2D eigenvalue weighted by atomic mass is 10.3. The van der Waals surface area contributed by atoms with Crippen LogP contribution in [0.25, 0.3) is 0 Å². The highest BCUT2D eigenvalue weighted by Crippen LogP contribution is 2.54. The standard InChI is InChI=1S/C16H18NO2P.C14H16NO2P.4C2H6/c1-3-9-15(10-4-1)18-20(14-8-7-13-17-20)19-16-11-5-2-6-12-16;1-15-18(2,16-13-9-5-3-6-10-13)17-14-11-7-4-8-12-14;4*1-2/h1-6,9-12H,7-8,13-14H2;3-12H,1-2H3;4*1-2H3. The van der Waals surface area contributed by atoms with Crippen LogP contribution in [-0.4, -0.2) is 26.4 Å². The molecular weight excluding hydrogens is 610 g/mol. The van der Waals surface area contributed by atoms with Crippen LogP contribution in [0, 0.1) is 0 Å². The molecule has 4 aromatic rings. The topological polar surface area (TPSA) is 61.6 Å². The van der Waals surface area contributed by atoms with Crippen molar-refractivity contribution in [1.82, 2.24) is 0 Å². The summed E-state index contributed by atoms with van der Waals surface area (Å²) in [4.78, 5) is 0. The second-order valence-corrected chi connectivity index (χ2v) is 13.3. The summed E-state index contributed by atoms with van der Waals surface area (Å²) in [6, 6.07) is 38.9. The first-order chi connectivity index (χ1) is 22.6. The highest BCUT2D eigenvalue weighted by Gasteiger charge is 2.27. The highest BCUT2D eigenvalue weighted by atomic mass is 31.2. The Bertz CT molecular complexity index is 1260. The van der Waals surface area contributed by atoms with E-state index in [0.29, 0.717) is 0 Å². The molecule has 0 aliphatic carbocycles. The van der Waals surface area contributed by atoms with Crippen LogP contribution in [-0.2, 0) is 0 Å². The maximum Gasteiger partial charge on any atom is 0.314 e. The van der Waals surface area contributed by atoms with Crippen LogP contribution in [0.3, 0.4) is 0 Å². The van der Waals surface area contributed by atoms with Gasteiger partial charge in [0.2, 0.25) is 0 Å². The highest BCUT2D eigenvalue weighted by molar-refractivity contribution is 7.57. The molecule has 0 amide bonds. The van der Waals surface area contributed by atoms with Crippen molar-refractivity contribution in [1.29, 1.82) is 0 Å². The molecule has 4 aromatic carbocycles. The zero-order valence-corrected chi connectivity index (χ0v) is 31.6. The van der Waals surface area contributed by atoms with Crippen molar-refractivity contribution in [2.45, 2.75) is 68.2 Å². The van der Waals surface area contributed by atoms with Crippen molar-refractivity contribution in [2.75, 3.05) is 26.4 Å². The number of para-hydroxylation sites is 4. The van der Waals surface area contributed by atoms with E-state index in [1.165, 1.54) is 0 Å². The molecule has 8 heteroatoms. The van der Waals surface area contributed by atoms with Gasteiger partial charge in [0.15, 0.2) is 0 Å². The van der Waals surface area contributed by atoms with Crippen LogP contribution in [0.5, 0.6) is 23.0 Å². The number of rotatable bonds is 8. The molecule has 0 bridgehead atoms. The van der Waals surface area contributed by atoms with Crippen molar-refractivity contribution in [3.8, 4) is 23.0 Å². The van der Waals surface area contributed by atoms with Gasteiger partial charge in [0.1, 0.15) is 23.0 Å². The van der Waals surface area contributed by atoms with Crippen LogP contribution in [0.15, 0.2) is 131 Å². The maximum atomic E-state index is 6.17. The van der Waals surface area contributed by atoms with E-state index in [1.54, 1.807) is 7.05 Å². The Labute approximate surface area is 281 Å². The molecule has 1 aliphatic rings. The van der Waals surface area contributed by atoms with Crippen LogP contribution in [0.2, 0.25) is 0 Å². The lowest BCUT2D eigenvalue weighted by Crippen LogP contribution is -2.10. The molecule has 1 heterocycles. The Morgan fingerprint density at radius 2 is 0.848 bits per heavy atom. The fourth-order valence-electron chi connectivity index (χ4n) is 3.63.